The number of hydrogen-bond acceptors (Lipinski definition) is 9. The average Bonchev–Trinajstić information content (AvgIpc) is 3.58. The Morgan fingerprint density at radius 3 is 2.54 bits per heavy atom. The van der Waals surface area contributed by atoms with Crippen molar-refractivity contribution in [3.63, 3.8) is 0 Å². The van der Waals surface area contributed by atoms with Gasteiger partial charge in [0.25, 0.3) is 5.88 Å². The van der Waals surface area contributed by atoms with Crippen LogP contribution in [0.2, 0.25) is 5.15 Å². The second-order valence-electron chi connectivity index (χ2n) is 13.1. The van der Waals surface area contributed by atoms with Crippen molar-refractivity contribution in [1.29, 1.82) is 0 Å². The SMILES string of the molecule is C=CCCCCC[C@H](NC(=O)OC(C)(C)C)C(=O)N1C[C@H](Oc2nc3cc(OC)ccc3nc2Cl)C[C@H]1C(=O)N[C@]1(C(=O)O)C[C@H]1C=C. The molecule has 0 unspecified atom stereocenters. The number of benzene rings is 1. The van der Waals surface area contributed by atoms with Crippen LogP contribution in [0, 0.1) is 5.92 Å². The van der Waals surface area contributed by atoms with E-state index in [9.17, 15) is 24.3 Å². The van der Waals surface area contributed by atoms with Crippen LogP contribution in [0.1, 0.15) is 65.7 Å². The molecule has 1 saturated heterocycles. The number of alkyl carbamates (subject to hydrolysis) is 1. The van der Waals surface area contributed by atoms with Crippen molar-refractivity contribution in [1.82, 2.24) is 25.5 Å². The van der Waals surface area contributed by atoms with Gasteiger partial charge in [-0.15, -0.1) is 13.2 Å². The van der Waals surface area contributed by atoms with E-state index in [1.807, 2.05) is 6.08 Å². The number of ether oxygens (including phenoxy) is 3. The van der Waals surface area contributed by atoms with E-state index in [2.05, 4.69) is 33.8 Å². The average molecular weight is 686 g/mol. The number of methoxy groups -OCH3 is 1. The van der Waals surface area contributed by atoms with Gasteiger partial charge in [-0.2, -0.15) is 0 Å². The second-order valence-corrected chi connectivity index (χ2v) is 13.5. The van der Waals surface area contributed by atoms with Crippen LogP contribution in [-0.4, -0.2) is 86.8 Å². The van der Waals surface area contributed by atoms with Crippen molar-refractivity contribution in [2.75, 3.05) is 13.7 Å². The van der Waals surface area contributed by atoms with Gasteiger partial charge in [0, 0.05) is 18.4 Å². The molecule has 5 atom stereocenters. The number of halogens is 1. The number of rotatable bonds is 15. The summed E-state index contributed by atoms with van der Waals surface area (Å²) in [4.78, 5) is 63.2. The summed E-state index contributed by atoms with van der Waals surface area (Å²) >= 11 is 6.44. The van der Waals surface area contributed by atoms with E-state index >= 15 is 0 Å². The van der Waals surface area contributed by atoms with E-state index in [4.69, 9.17) is 25.8 Å². The minimum absolute atomic E-state index is 0.00131. The van der Waals surface area contributed by atoms with Crippen LogP contribution in [0.4, 0.5) is 4.79 Å². The molecule has 1 aliphatic carbocycles. The summed E-state index contributed by atoms with van der Waals surface area (Å²) in [6.45, 7) is 12.5. The third-order valence-electron chi connectivity index (χ3n) is 8.34. The Morgan fingerprint density at radius 2 is 1.92 bits per heavy atom. The number of aliphatic carboxylic acids is 1. The molecule has 13 nitrogen and oxygen atoms in total. The predicted octanol–water partition coefficient (Wildman–Crippen LogP) is 4.82. The van der Waals surface area contributed by atoms with Crippen LogP contribution in [0.5, 0.6) is 11.6 Å². The van der Waals surface area contributed by atoms with Crippen molar-refractivity contribution in [3.05, 3.63) is 48.7 Å². The maximum Gasteiger partial charge on any atom is 0.408 e. The molecular weight excluding hydrogens is 642 g/mol. The number of fused-ring (bicyclic) bond motifs is 1. The van der Waals surface area contributed by atoms with E-state index in [1.54, 1.807) is 39.0 Å². The molecule has 1 aromatic carbocycles. The standard InChI is InChI=1S/C34H44ClN5O8/c1-7-9-10-11-12-13-24(38-32(45)48-33(3,4)5)30(42)40-19-22(17-26(40)28(41)39-34(31(43)44)18-20(34)8-2)47-29-27(35)36-23-15-14-21(46-6)16-25(23)37-29/h7-8,14-16,20,22,24,26H,1-2,9-13,17-19H2,3-6H3,(H,38,45)(H,39,41)(H,43,44)/t20-,22-,24+,26+,34-/m1/s1. The van der Waals surface area contributed by atoms with Gasteiger partial charge < -0.3 is 34.9 Å². The molecule has 3 amide bonds. The Bertz CT molecular complexity index is 1560. The third kappa shape index (κ3) is 8.74. The van der Waals surface area contributed by atoms with Crippen molar-refractivity contribution < 1.29 is 38.5 Å². The van der Waals surface area contributed by atoms with Crippen molar-refractivity contribution in [2.24, 2.45) is 5.92 Å². The fourth-order valence-electron chi connectivity index (χ4n) is 5.77. The number of likely N-dealkylation sites (tertiary alicyclic amines) is 1. The lowest BCUT2D eigenvalue weighted by Gasteiger charge is -2.30. The van der Waals surface area contributed by atoms with Crippen LogP contribution in [0.25, 0.3) is 11.0 Å². The molecule has 2 aromatic rings. The fraction of sp³-hybridized carbons (Fsp3) is 0.529. The molecule has 0 radical (unpaired) electrons. The number of amides is 3. The maximum absolute atomic E-state index is 14.2. The zero-order chi connectivity index (χ0) is 35.2. The Morgan fingerprint density at radius 1 is 1.17 bits per heavy atom. The van der Waals surface area contributed by atoms with Gasteiger partial charge in [-0.05, 0) is 58.6 Å². The van der Waals surface area contributed by atoms with E-state index in [0.717, 1.165) is 19.3 Å². The lowest BCUT2D eigenvalue weighted by Crippen LogP contribution is -2.56. The van der Waals surface area contributed by atoms with Crippen LogP contribution in [-0.2, 0) is 19.1 Å². The molecule has 2 aliphatic rings. The number of unbranched alkanes of at least 4 members (excludes halogenated alkanes) is 3. The first-order valence-electron chi connectivity index (χ1n) is 16.0. The topological polar surface area (TPSA) is 169 Å². The zero-order valence-electron chi connectivity index (χ0n) is 27.8. The van der Waals surface area contributed by atoms with Gasteiger partial charge in [0.05, 0.1) is 24.7 Å². The summed E-state index contributed by atoms with van der Waals surface area (Å²) in [6, 6.07) is 2.95. The Kier molecular flexibility index (Phi) is 11.6. The molecule has 14 heteroatoms. The Labute approximate surface area is 285 Å². The van der Waals surface area contributed by atoms with Gasteiger partial charge in [0.2, 0.25) is 11.8 Å². The first kappa shape index (κ1) is 36.4. The summed E-state index contributed by atoms with van der Waals surface area (Å²) in [7, 11) is 1.52. The van der Waals surface area contributed by atoms with Crippen LogP contribution >= 0.6 is 11.6 Å². The number of aromatic nitrogens is 2. The molecule has 1 saturated carbocycles. The van der Waals surface area contributed by atoms with Gasteiger partial charge in [-0.1, -0.05) is 36.6 Å². The largest absolute Gasteiger partial charge is 0.497 e. The normalized spacial score (nSPS) is 22.4. The molecule has 2 heterocycles. The smallest absolute Gasteiger partial charge is 0.408 e. The van der Waals surface area contributed by atoms with E-state index in [1.165, 1.54) is 18.1 Å². The molecular formula is C34H44ClN5O8. The highest BCUT2D eigenvalue weighted by atomic mass is 35.5. The van der Waals surface area contributed by atoms with Crippen LogP contribution in [0.3, 0.4) is 0 Å². The van der Waals surface area contributed by atoms with E-state index < -0.39 is 59.1 Å². The summed E-state index contributed by atoms with van der Waals surface area (Å²) in [5.74, 6) is -2.30. The summed E-state index contributed by atoms with van der Waals surface area (Å²) in [6.07, 6.45) is 5.30. The maximum atomic E-state index is 14.2. The van der Waals surface area contributed by atoms with Gasteiger partial charge in [-0.25, -0.2) is 19.6 Å². The van der Waals surface area contributed by atoms with E-state index in [0.29, 0.717) is 23.2 Å². The molecule has 0 bridgehead atoms. The van der Waals surface area contributed by atoms with Crippen LogP contribution in [0.15, 0.2) is 43.5 Å². The van der Waals surface area contributed by atoms with Gasteiger partial charge in [0.1, 0.15) is 35.1 Å². The molecule has 4 rings (SSSR count). The Hall–Kier alpha value is -4.39. The molecule has 2 fully saturated rings. The second kappa shape index (κ2) is 15.2. The number of carbonyl (C=O) groups excluding carboxylic acids is 3. The summed E-state index contributed by atoms with van der Waals surface area (Å²) in [5, 5.41) is 15.3. The van der Waals surface area contributed by atoms with Gasteiger partial charge in [0.15, 0.2) is 5.15 Å². The first-order chi connectivity index (χ1) is 22.7. The molecule has 0 spiro atoms. The molecule has 48 heavy (non-hydrogen) atoms. The number of nitrogens with zero attached hydrogens (tertiary/aromatic N) is 3. The minimum Gasteiger partial charge on any atom is -0.497 e. The third-order valence-corrected chi connectivity index (χ3v) is 8.59. The van der Waals surface area contributed by atoms with Gasteiger partial charge in [-0.3, -0.25) is 9.59 Å². The molecule has 1 aliphatic heterocycles. The molecule has 260 valence electrons. The van der Waals surface area contributed by atoms with E-state index in [-0.39, 0.29) is 36.8 Å². The molecule has 3 N–H and O–H groups in total. The van der Waals surface area contributed by atoms with Crippen molar-refractivity contribution in [2.45, 2.75) is 95.0 Å². The quantitative estimate of drug-likeness (QED) is 0.175. The van der Waals surface area contributed by atoms with Gasteiger partial charge >= 0.3 is 12.1 Å². The monoisotopic (exact) mass is 685 g/mol. The number of carboxylic acids is 1. The summed E-state index contributed by atoms with van der Waals surface area (Å²) in [5.41, 5.74) is -1.35. The van der Waals surface area contributed by atoms with Crippen molar-refractivity contribution in [3.8, 4) is 11.6 Å². The lowest BCUT2D eigenvalue weighted by molar-refractivity contribution is -0.145. The number of hydrogen-bond donors (Lipinski definition) is 3. The predicted molar refractivity (Wildman–Crippen MR) is 179 cm³/mol. The zero-order valence-corrected chi connectivity index (χ0v) is 28.5. The van der Waals surface area contributed by atoms with Crippen molar-refractivity contribution >= 4 is 46.5 Å². The number of carbonyl (C=O) groups is 4. The highest BCUT2D eigenvalue weighted by molar-refractivity contribution is 6.31. The number of allylic oxidation sites excluding steroid dienone is 1. The first-order valence-corrected chi connectivity index (χ1v) is 16.4. The highest BCUT2D eigenvalue weighted by Crippen LogP contribution is 2.45. The fourth-order valence-corrected chi connectivity index (χ4v) is 5.95. The number of carboxylic acid groups (broad SMARTS) is 1. The number of nitrogens with one attached hydrogen (secondary N) is 2. The highest BCUT2D eigenvalue weighted by Gasteiger charge is 2.61. The van der Waals surface area contributed by atoms with Crippen LogP contribution < -0.4 is 20.1 Å². The minimum atomic E-state index is -1.52. The molecule has 1 aromatic heterocycles. The summed E-state index contributed by atoms with van der Waals surface area (Å²) < 4.78 is 16.9. The lowest BCUT2D eigenvalue weighted by atomic mass is 10.0. The Balaban J connectivity index is 1.62.